The minimum absolute atomic E-state index is 0.193. The molecule has 0 atom stereocenters. The average Bonchev–Trinajstić information content (AvgIpc) is 2.98. The number of carboxylic acids is 2. The third-order valence-corrected chi connectivity index (χ3v) is 10.1. The molecule has 0 aliphatic carbocycles. The van der Waals surface area contributed by atoms with E-state index in [9.17, 15) is 41.0 Å². The molecule has 0 saturated carbocycles. The summed E-state index contributed by atoms with van der Waals surface area (Å²) in [7, 11) is -8.96. The largest absolute Gasteiger partial charge is 0.487 e. The van der Waals surface area contributed by atoms with Crippen molar-refractivity contribution in [2.45, 2.75) is 30.2 Å². The molecule has 14 heteroatoms. The highest BCUT2D eigenvalue weighted by molar-refractivity contribution is 7.93. The van der Waals surface area contributed by atoms with Crippen LogP contribution in [-0.2, 0) is 36.2 Å². The van der Waals surface area contributed by atoms with Gasteiger partial charge in [0.15, 0.2) is 0 Å². The molecule has 4 rings (SSSR count). The monoisotopic (exact) mass is 656 g/mol. The number of rotatable bonds is 13. The Labute approximate surface area is 259 Å². The van der Waals surface area contributed by atoms with E-state index in [2.05, 4.69) is 0 Å². The lowest BCUT2D eigenvalue weighted by Gasteiger charge is -2.28. The topological polar surface area (TPSA) is 159 Å². The molecule has 0 spiro atoms. The first-order valence-electron chi connectivity index (χ1n) is 13.3. The van der Waals surface area contributed by atoms with Crippen molar-refractivity contribution >= 4 is 43.4 Å². The van der Waals surface area contributed by atoms with Gasteiger partial charge < -0.3 is 14.9 Å². The van der Waals surface area contributed by atoms with Gasteiger partial charge in [0.2, 0.25) is 0 Å². The Balaban J connectivity index is 1.89. The standard InChI is InChI=1S/C31H29FN2O9S2/c1-21-3-12-26(13-4-21)44(39,40)33(18-30(35)36)25-11-16-28(29(17-25)43-20-23-7-9-24(32)10-8-23)34(19-31(37)38)45(41,42)27-14-5-22(2)6-15-27/h3-17H,18-20H2,1-2H3,(H,35,36)(H,37,38). The third kappa shape index (κ3) is 7.77. The molecule has 11 nitrogen and oxygen atoms in total. The quantitative estimate of drug-likeness (QED) is 0.210. The number of carboxylic acid groups (broad SMARTS) is 2. The van der Waals surface area contributed by atoms with Gasteiger partial charge in [-0.1, -0.05) is 47.5 Å². The molecule has 4 aromatic carbocycles. The van der Waals surface area contributed by atoms with Gasteiger partial charge in [-0.3, -0.25) is 18.2 Å². The molecular formula is C31H29FN2O9S2. The molecule has 2 N–H and O–H groups in total. The van der Waals surface area contributed by atoms with Crippen molar-refractivity contribution in [3.8, 4) is 5.75 Å². The summed E-state index contributed by atoms with van der Waals surface area (Å²) in [5.41, 5.74) is 1.53. The Hall–Kier alpha value is -4.95. The van der Waals surface area contributed by atoms with E-state index in [-0.39, 0.29) is 33.5 Å². The van der Waals surface area contributed by atoms with Gasteiger partial charge in [0.25, 0.3) is 20.0 Å². The molecule has 4 aromatic rings. The van der Waals surface area contributed by atoms with E-state index in [0.29, 0.717) is 14.2 Å². The van der Waals surface area contributed by atoms with Crippen LogP contribution in [0.15, 0.2) is 101 Å². The Morgan fingerprint density at radius 1 is 0.689 bits per heavy atom. The van der Waals surface area contributed by atoms with Crippen molar-refractivity contribution in [1.29, 1.82) is 0 Å². The summed E-state index contributed by atoms with van der Waals surface area (Å²) in [6, 6.07) is 20.1. The summed E-state index contributed by atoms with van der Waals surface area (Å²) in [4.78, 5) is 23.3. The molecule has 0 saturated heterocycles. The van der Waals surface area contributed by atoms with Gasteiger partial charge in [0, 0.05) is 6.07 Å². The first-order valence-corrected chi connectivity index (χ1v) is 16.2. The zero-order chi connectivity index (χ0) is 32.9. The fourth-order valence-electron chi connectivity index (χ4n) is 4.26. The van der Waals surface area contributed by atoms with Gasteiger partial charge in [-0.25, -0.2) is 21.2 Å². The van der Waals surface area contributed by atoms with Gasteiger partial charge in [0.1, 0.15) is 31.3 Å². The van der Waals surface area contributed by atoms with Gasteiger partial charge in [0.05, 0.1) is 21.2 Å². The van der Waals surface area contributed by atoms with E-state index in [1.54, 1.807) is 38.1 Å². The summed E-state index contributed by atoms with van der Waals surface area (Å²) >= 11 is 0. The molecular weight excluding hydrogens is 627 g/mol. The van der Waals surface area contributed by atoms with E-state index >= 15 is 0 Å². The fraction of sp³-hybridized carbons (Fsp3) is 0.161. The smallest absolute Gasteiger partial charge is 0.324 e. The maximum atomic E-state index is 13.8. The van der Waals surface area contributed by atoms with Crippen molar-refractivity contribution in [1.82, 2.24) is 0 Å². The van der Waals surface area contributed by atoms with E-state index in [1.807, 2.05) is 0 Å². The molecule has 0 bridgehead atoms. The highest BCUT2D eigenvalue weighted by atomic mass is 32.2. The number of halogens is 1. The first kappa shape index (κ1) is 33.0. The highest BCUT2D eigenvalue weighted by Gasteiger charge is 2.32. The molecule has 236 valence electrons. The van der Waals surface area contributed by atoms with Crippen LogP contribution in [0.25, 0.3) is 0 Å². The second-order valence-corrected chi connectivity index (χ2v) is 13.7. The number of hydrogen-bond donors (Lipinski definition) is 2. The lowest BCUT2D eigenvalue weighted by Crippen LogP contribution is -2.37. The second kappa shape index (κ2) is 13.4. The van der Waals surface area contributed by atoms with Crippen molar-refractivity contribution in [3.63, 3.8) is 0 Å². The molecule has 0 aliphatic heterocycles. The maximum Gasteiger partial charge on any atom is 0.324 e. The number of ether oxygens (including phenoxy) is 1. The zero-order valence-electron chi connectivity index (χ0n) is 24.1. The van der Waals surface area contributed by atoms with Gasteiger partial charge in [-0.15, -0.1) is 0 Å². The predicted molar refractivity (Wildman–Crippen MR) is 164 cm³/mol. The van der Waals surface area contributed by atoms with Crippen LogP contribution in [0.5, 0.6) is 5.75 Å². The number of aliphatic carboxylic acids is 2. The molecule has 0 aliphatic rings. The van der Waals surface area contributed by atoms with Crippen LogP contribution < -0.4 is 13.3 Å². The molecule has 0 amide bonds. The molecule has 0 radical (unpaired) electrons. The van der Waals surface area contributed by atoms with Crippen LogP contribution in [0.2, 0.25) is 0 Å². The normalized spacial score (nSPS) is 11.5. The molecule has 0 aromatic heterocycles. The molecule has 0 unspecified atom stereocenters. The van der Waals surface area contributed by atoms with Crippen molar-refractivity contribution < 1.29 is 45.8 Å². The summed E-state index contributed by atoms with van der Waals surface area (Å²) in [5, 5.41) is 19.3. The number of hydrogen-bond acceptors (Lipinski definition) is 7. The van der Waals surface area contributed by atoms with E-state index in [4.69, 9.17) is 4.74 Å². The molecule has 45 heavy (non-hydrogen) atoms. The Kier molecular flexibility index (Phi) is 9.78. The third-order valence-electron chi connectivity index (χ3n) is 6.58. The van der Waals surface area contributed by atoms with Gasteiger partial charge in [-0.05, 0) is 67.9 Å². The van der Waals surface area contributed by atoms with E-state index in [0.717, 1.165) is 29.3 Å². The zero-order valence-corrected chi connectivity index (χ0v) is 25.8. The Bertz CT molecular complexity index is 1910. The molecule has 0 heterocycles. The van der Waals surface area contributed by atoms with Crippen molar-refractivity contribution in [2.24, 2.45) is 0 Å². The van der Waals surface area contributed by atoms with Crippen LogP contribution in [0.4, 0.5) is 15.8 Å². The first-order chi connectivity index (χ1) is 21.2. The molecule has 0 fully saturated rings. The lowest BCUT2D eigenvalue weighted by atomic mass is 10.2. The van der Waals surface area contributed by atoms with Crippen LogP contribution in [0, 0.1) is 19.7 Å². The van der Waals surface area contributed by atoms with Gasteiger partial charge in [-0.2, -0.15) is 0 Å². The average molecular weight is 657 g/mol. The van der Waals surface area contributed by atoms with E-state index < -0.39 is 50.9 Å². The summed E-state index contributed by atoms with van der Waals surface area (Å²) < 4.78 is 75.4. The minimum Gasteiger partial charge on any atom is -0.487 e. The Morgan fingerprint density at radius 2 is 1.16 bits per heavy atom. The van der Waals surface area contributed by atoms with Crippen LogP contribution in [-0.4, -0.2) is 52.1 Å². The summed E-state index contributed by atoms with van der Waals surface area (Å²) in [5.74, 6) is -3.75. The second-order valence-electron chi connectivity index (χ2n) is 10.0. The fourth-order valence-corrected chi connectivity index (χ4v) is 7.09. The Morgan fingerprint density at radius 3 is 1.64 bits per heavy atom. The van der Waals surface area contributed by atoms with Crippen LogP contribution in [0.3, 0.4) is 0 Å². The maximum absolute atomic E-state index is 13.8. The SMILES string of the molecule is Cc1ccc(S(=O)(=O)N(CC(=O)O)c2ccc(N(CC(=O)O)S(=O)(=O)c3ccc(C)cc3)c(OCc3ccc(F)cc3)c2)cc1. The highest BCUT2D eigenvalue weighted by Crippen LogP contribution is 2.38. The number of nitrogens with zero attached hydrogens (tertiary/aromatic N) is 2. The minimum atomic E-state index is -4.51. The lowest BCUT2D eigenvalue weighted by molar-refractivity contribution is -0.136. The number of aryl methyl sites for hydroxylation is 2. The summed E-state index contributed by atoms with van der Waals surface area (Å²) in [6.45, 7) is 1.23. The summed E-state index contributed by atoms with van der Waals surface area (Å²) in [6.07, 6.45) is 0. The number of anilines is 2. The van der Waals surface area contributed by atoms with E-state index in [1.165, 1.54) is 48.5 Å². The number of carbonyl (C=O) groups is 2. The predicted octanol–water partition coefficient (Wildman–Crippen LogP) is 4.58. The van der Waals surface area contributed by atoms with Gasteiger partial charge >= 0.3 is 11.9 Å². The van der Waals surface area contributed by atoms with Crippen molar-refractivity contribution in [2.75, 3.05) is 21.7 Å². The van der Waals surface area contributed by atoms with Crippen molar-refractivity contribution in [3.05, 3.63) is 114 Å². The number of sulfonamides is 2. The van der Waals surface area contributed by atoms with Crippen LogP contribution >= 0.6 is 0 Å². The number of benzene rings is 4. The van der Waals surface area contributed by atoms with Crippen LogP contribution in [0.1, 0.15) is 16.7 Å².